The molecule has 3 rings (SSSR count). The maximum Gasteiger partial charge on any atom is 0.261 e. The summed E-state index contributed by atoms with van der Waals surface area (Å²) in [4.78, 5) is 15.7. The van der Waals surface area contributed by atoms with Gasteiger partial charge >= 0.3 is 0 Å². The maximum atomic E-state index is 11.8. The van der Waals surface area contributed by atoms with Crippen molar-refractivity contribution in [2.24, 2.45) is 0 Å². The third kappa shape index (κ3) is 3.55. The summed E-state index contributed by atoms with van der Waals surface area (Å²) < 4.78 is 22.6. The second kappa shape index (κ2) is 6.45. The van der Waals surface area contributed by atoms with Crippen molar-refractivity contribution in [2.75, 3.05) is 31.6 Å². The van der Waals surface area contributed by atoms with Gasteiger partial charge < -0.3 is 9.80 Å². The zero-order valence-corrected chi connectivity index (χ0v) is 14.7. The lowest BCUT2D eigenvalue weighted by Gasteiger charge is -2.33. The molecule has 1 aliphatic rings. The fourth-order valence-corrected chi connectivity index (χ4v) is 3.42. The van der Waals surface area contributed by atoms with Crippen molar-refractivity contribution >= 4 is 31.3 Å². The number of piperazine rings is 1. The predicted molar refractivity (Wildman–Crippen MR) is 94.8 cm³/mol. The topological polar surface area (TPSA) is 57.7 Å². The summed E-state index contributed by atoms with van der Waals surface area (Å²) in [5.41, 5.74) is 2.87. The monoisotopic (exact) mass is 364 g/mol. The van der Waals surface area contributed by atoms with Crippen LogP contribution in [-0.4, -0.2) is 45.9 Å². The average Bonchev–Trinajstić information content (AvgIpc) is 2.57. The Kier molecular flexibility index (Phi) is 4.51. The summed E-state index contributed by atoms with van der Waals surface area (Å²) in [7, 11) is 3.43. The van der Waals surface area contributed by atoms with E-state index >= 15 is 0 Å². The Morgan fingerprint density at radius 2 is 1.46 bits per heavy atom. The van der Waals surface area contributed by atoms with Gasteiger partial charge in [-0.25, -0.2) is 8.42 Å². The fourth-order valence-electron chi connectivity index (χ4n) is 2.65. The molecule has 0 aromatic heterocycles. The van der Waals surface area contributed by atoms with Crippen molar-refractivity contribution < 1.29 is 13.2 Å². The molecule has 2 aromatic rings. The summed E-state index contributed by atoms with van der Waals surface area (Å²) in [6, 6.07) is 14.3. The molecule has 1 heterocycles. The molecule has 5 nitrogen and oxygen atoms in total. The average molecular weight is 365 g/mol. The van der Waals surface area contributed by atoms with E-state index in [4.69, 9.17) is 10.7 Å². The van der Waals surface area contributed by atoms with Gasteiger partial charge in [-0.15, -0.1) is 0 Å². The molecule has 1 aliphatic heterocycles. The van der Waals surface area contributed by atoms with E-state index in [9.17, 15) is 13.2 Å². The molecule has 0 saturated carbocycles. The number of rotatable bonds is 3. The van der Waals surface area contributed by atoms with E-state index < -0.39 is 9.05 Å². The van der Waals surface area contributed by atoms with Crippen molar-refractivity contribution in [3.05, 3.63) is 48.5 Å². The fraction of sp³-hybridized carbons (Fsp3) is 0.235. The Morgan fingerprint density at radius 3 is 1.96 bits per heavy atom. The first-order valence-electron chi connectivity index (χ1n) is 7.49. The smallest absolute Gasteiger partial charge is 0.261 e. The third-order valence-electron chi connectivity index (χ3n) is 4.16. The van der Waals surface area contributed by atoms with Gasteiger partial charge in [0.05, 0.1) is 11.4 Å². The molecular weight excluding hydrogens is 348 g/mol. The zero-order chi connectivity index (χ0) is 17.3. The quantitative estimate of drug-likeness (QED) is 0.785. The molecule has 1 saturated heterocycles. The van der Waals surface area contributed by atoms with Gasteiger partial charge in [-0.2, -0.15) is 0 Å². The predicted octanol–water partition coefficient (Wildman–Crippen LogP) is 2.56. The Labute approximate surface area is 145 Å². The molecule has 1 amide bonds. The summed E-state index contributed by atoms with van der Waals surface area (Å²) in [6.07, 6.45) is 0. The number of nitrogens with zero attached hydrogens (tertiary/aromatic N) is 2. The Morgan fingerprint density at radius 1 is 0.917 bits per heavy atom. The number of carbonyl (C=O) groups excluding carboxylic acids is 1. The maximum absolute atomic E-state index is 11.8. The largest absolute Gasteiger partial charge is 0.360 e. The second-order valence-corrected chi connectivity index (χ2v) is 8.31. The Balaban J connectivity index is 1.78. The van der Waals surface area contributed by atoms with Crippen LogP contribution in [0.1, 0.15) is 0 Å². The van der Waals surface area contributed by atoms with Crippen LogP contribution in [0.3, 0.4) is 0 Å². The van der Waals surface area contributed by atoms with Crippen LogP contribution >= 0.6 is 10.7 Å². The highest BCUT2D eigenvalue weighted by atomic mass is 35.7. The number of hydrogen-bond acceptors (Lipinski definition) is 4. The van der Waals surface area contributed by atoms with Crippen LogP contribution in [0.15, 0.2) is 53.4 Å². The van der Waals surface area contributed by atoms with Crippen LogP contribution in [0, 0.1) is 0 Å². The summed E-state index contributed by atoms with van der Waals surface area (Å²) >= 11 is 0. The van der Waals surface area contributed by atoms with Crippen LogP contribution in [0.4, 0.5) is 5.69 Å². The first-order chi connectivity index (χ1) is 11.3. The van der Waals surface area contributed by atoms with Crippen molar-refractivity contribution in [1.82, 2.24) is 4.90 Å². The van der Waals surface area contributed by atoms with Gasteiger partial charge in [0.15, 0.2) is 0 Å². The van der Waals surface area contributed by atoms with E-state index in [-0.39, 0.29) is 10.8 Å². The summed E-state index contributed by atoms with van der Waals surface area (Å²) in [5.74, 6) is 0.114. The molecule has 126 valence electrons. The molecule has 0 unspecified atom stereocenters. The van der Waals surface area contributed by atoms with Crippen LogP contribution < -0.4 is 4.90 Å². The highest BCUT2D eigenvalue weighted by Gasteiger charge is 2.21. The van der Waals surface area contributed by atoms with Gasteiger partial charge in [-0.1, -0.05) is 24.3 Å². The minimum Gasteiger partial charge on any atom is -0.360 e. The third-order valence-corrected chi connectivity index (χ3v) is 5.53. The Bertz CT molecular complexity index is 848. The summed E-state index contributed by atoms with van der Waals surface area (Å²) in [6.45, 7) is 1.91. The first kappa shape index (κ1) is 16.8. The van der Waals surface area contributed by atoms with E-state index in [0.29, 0.717) is 6.54 Å². The molecule has 0 atom stereocenters. The SMILES string of the molecule is CN1CCN(c2ccc(-c3ccc(S(=O)(=O)Cl)cc3)cc2)CC1=O. The van der Waals surface area contributed by atoms with Crippen LogP contribution in [0.25, 0.3) is 11.1 Å². The number of halogens is 1. The minimum absolute atomic E-state index is 0.0838. The molecule has 1 fully saturated rings. The number of amides is 1. The number of carbonyl (C=O) groups is 1. The lowest BCUT2D eigenvalue weighted by Crippen LogP contribution is -2.48. The van der Waals surface area contributed by atoms with Gasteiger partial charge in [0.1, 0.15) is 0 Å². The number of likely N-dealkylation sites (N-methyl/N-ethyl adjacent to an activating group) is 1. The van der Waals surface area contributed by atoms with Crippen LogP contribution in [0.2, 0.25) is 0 Å². The molecule has 2 aromatic carbocycles. The lowest BCUT2D eigenvalue weighted by atomic mass is 10.1. The van der Waals surface area contributed by atoms with E-state index in [0.717, 1.165) is 29.9 Å². The van der Waals surface area contributed by atoms with Crippen molar-refractivity contribution in [3.8, 4) is 11.1 Å². The Hall–Kier alpha value is -2.05. The number of anilines is 1. The summed E-state index contributed by atoms with van der Waals surface area (Å²) in [5, 5.41) is 0. The van der Waals surface area contributed by atoms with Gasteiger partial charge in [0, 0.05) is 36.5 Å². The van der Waals surface area contributed by atoms with Gasteiger partial charge in [-0.3, -0.25) is 4.79 Å². The second-order valence-electron chi connectivity index (χ2n) is 5.75. The molecule has 0 N–H and O–H groups in total. The highest BCUT2D eigenvalue weighted by molar-refractivity contribution is 8.13. The normalized spacial score (nSPS) is 15.7. The van der Waals surface area contributed by atoms with Gasteiger partial charge in [0.25, 0.3) is 9.05 Å². The van der Waals surface area contributed by atoms with Crippen molar-refractivity contribution in [1.29, 1.82) is 0 Å². The standard InChI is InChI=1S/C17H17ClN2O3S/c1-19-10-11-20(12-17(19)21)15-6-2-13(3-7-15)14-4-8-16(9-5-14)24(18,22)23/h2-9H,10-12H2,1H3. The molecule has 7 heteroatoms. The van der Waals surface area contributed by atoms with Crippen molar-refractivity contribution in [3.63, 3.8) is 0 Å². The lowest BCUT2D eigenvalue weighted by molar-refractivity contribution is -0.129. The number of hydrogen-bond donors (Lipinski definition) is 0. The van der Waals surface area contributed by atoms with E-state index in [1.54, 1.807) is 17.0 Å². The zero-order valence-electron chi connectivity index (χ0n) is 13.1. The van der Waals surface area contributed by atoms with E-state index in [1.165, 1.54) is 12.1 Å². The molecule has 24 heavy (non-hydrogen) atoms. The van der Waals surface area contributed by atoms with Gasteiger partial charge in [-0.05, 0) is 35.4 Å². The highest BCUT2D eigenvalue weighted by Crippen LogP contribution is 2.26. The molecule has 0 spiro atoms. The minimum atomic E-state index is -3.70. The molecule has 0 aliphatic carbocycles. The van der Waals surface area contributed by atoms with E-state index in [2.05, 4.69) is 4.90 Å². The number of benzene rings is 2. The van der Waals surface area contributed by atoms with Crippen LogP contribution in [0.5, 0.6) is 0 Å². The van der Waals surface area contributed by atoms with Crippen molar-refractivity contribution in [2.45, 2.75) is 4.90 Å². The van der Waals surface area contributed by atoms with E-state index in [1.807, 2.05) is 31.3 Å². The molecular formula is C17H17ClN2O3S. The van der Waals surface area contributed by atoms with Gasteiger partial charge in [0.2, 0.25) is 5.91 Å². The van der Waals surface area contributed by atoms with Crippen LogP contribution in [-0.2, 0) is 13.8 Å². The molecule has 0 radical (unpaired) electrons. The molecule has 0 bridgehead atoms. The first-order valence-corrected chi connectivity index (χ1v) is 9.79.